The SMILES string of the molecule is CCCc1cc(NP)nc(Nc2ccc(C#N)cc2)n1. The van der Waals surface area contributed by atoms with Crippen LogP contribution in [0.15, 0.2) is 30.3 Å². The minimum atomic E-state index is 0.547. The van der Waals surface area contributed by atoms with Gasteiger partial charge in [0.15, 0.2) is 0 Å². The maximum atomic E-state index is 8.78. The number of aryl methyl sites for hydroxylation is 1. The van der Waals surface area contributed by atoms with Crippen LogP contribution in [0.25, 0.3) is 0 Å². The molecular formula is C14H16N5P. The van der Waals surface area contributed by atoms with Crippen LogP contribution in [0.3, 0.4) is 0 Å². The van der Waals surface area contributed by atoms with Gasteiger partial charge in [-0.2, -0.15) is 10.2 Å². The Morgan fingerprint density at radius 2 is 2.00 bits per heavy atom. The number of benzene rings is 1. The van der Waals surface area contributed by atoms with Crippen molar-refractivity contribution in [2.75, 3.05) is 10.4 Å². The summed E-state index contributed by atoms with van der Waals surface area (Å²) >= 11 is 0. The van der Waals surface area contributed by atoms with E-state index in [-0.39, 0.29) is 0 Å². The number of hydrogen-bond donors (Lipinski definition) is 2. The van der Waals surface area contributed by atoms with Crippen molar-refractivity contribution in [3.8, 4) is 6.07 Å². The second kappa shape index (κ2) is 6.83. The molecule has 6 heteroatoms. The Kier molecular flexibility index (Phi) is 4.86. The molecule has 2 rings (SSSR count). The smallest absolute Gasteiger partial charge is 0.229 e. The first kappa shape index (κ1) is 14.2. The molecule has 0 fully saturated rings. The zero-order chi connectivity index (χ0) is 14.4. The van der Waals surface area contributed by atoms with Gasteiger partial charge in [0.2, 0.25) is 5.95 Å². The summed E-state index contributed by atoms with van der Waals surface area (Å²) in [5, 5.41) is 14.9. The predicted molar refractivity (Wildman–Crippen MR) is 83.8 cm³/mol. The molecule has 0 aliphatic rings. The Hall–Kier alpha value is -2.18. The molecule has 1 atom stereocenters. The number of rotatable bonds is 5. The van der Waals surface area contributed by atoms with Crippen LogP contribution in [0.1, 0.15) is 24.6 Å². The summed E-state index contributed by atoms with van der Waals surface area (Å²) in [5.74, 6) is 1.30. The van der Waals surface area contributed by atoms with E-state index in [1.807, 2.05) is 18.2 Å². The quantitative estimate of drug-likeness (QED) is 0.825. The predicted octanol–water partition coefficient (Wildman–Crippen LogP) is 3.25. The van der Waals surface area contributed by atoms with Crippen molar-refractivity contribution in [3.63, 3.8) is 0 Å². The average molecular weight is 285 g/mol. The van der Waals surface area contributed by atoms with Crippen LogP contribution in [0.5, 0.6) is 0 Å². The van der Waals surface area contributed by atoms with Crippen LogP contribution in [0, 0.1) is 11.3 Å². The van der Waals surface area contributed by atoms with Gasteiger partial charge in [-0.25, -0.2) is 4.98 Å². The topological polar surface area (TPSA) is 73.6 Å². The lowest BCUT2D eigenvalue weighted by atomic mass is 10.2. The molecule has 2 N–H and O–H groups in total. The number of anilines is 3. The summed E-state index contributed by atoms with van der Waals surface area (Å²) in [5.41, 5.74) is 2.47. The molecule has 0 spiro atoms. The Bertz CT molecular complexity index is 618. The number of aromatic nitrogens is 2. The average Bonchev–Trinajstić information content (AvgIpc) is 2.48. The number of nitriles is 1. The first-order valence-corrected chi connectivity index (χ1v) is 6.94. The maximum Gasteiger partial charge on any atom is 0.229 e. The second-order valence-corrected chi connectivity index (χ2v) is 4.57. The van der Waals surface area contributed by atoms with Gasteiger partial charge in [0.05, 0.1) is 11.6 Å². The molecule has 0 saturated carbocycles. The first-order chi connectivity index (χ1) is 9.75. The number of hydrogen-bond acceptors (Lipinski definition) is 5. The summed E-state index contributed by atoms with van der Waals surface area (Å²) in [7, 11) is 2.43. The number of nitrogens with zero attached hydrogens (tertiary/aromatic N) is 3. The molecule has 1 heterocycles. The summed E-state index contributed by atoms with van der Waals surface area (Å²) in [6.07, 6.45) is 1.94. The van der Waals surface area contributed by atoms with E-state index in [1.54, 1.807) is 12.1 Å². The van der Waals surface area contributed by atoms with E-state index in [2.05, 4.69) is 42.8 Å². The van der Waals surface area contributed by atoms with Gasteiger partial charge >= 0.3 is 0 Å². The van der Waals surface area contributed by atoms with Crippen LogP contribution in [-0.4, -0.2) is 9.97 Å². The number of nitrogens with one attached hydrogen (secondary N) is 2. The Balaban J connectivity index is 2.22. The highest BCUT2D eigenvalue weighted by Crippen LogP contribution is 2.17. The first-order valence-electron chi connectivity index (χ1n) is 6.37. The highest BCUT2D eigenvalue weighted by atomic mass is 31.0. The van der Waals surface area contributed by atoms with Crippen LogP contribution >= 0.6 is 9.39 Å². The Labute approximate surface area is 120 Å². The Morgan fingerprint density at radius 1 is 1.25 bits per heavy atom. The van der Waals surface area contributed by atoms with Gasteiger partial charge in [-0.3, -0.25) is 0 Å². The van der Waals surface area contributed by atoms with E-state index in [0.717, 1.165) is 30.0 Å². The van der Waals surface area contributed by atoms with Crippen molar-refractivity contribution < 1.29 is 0 Å². The molecule has 0 bridgehead atoms. The van der Waals surface area contributed by atoms with Gasteiger partial charge in [-0.15, -0.1) is 0 Å². The lowest BCUT2D eigenvalue weighted by Crippen LogP contribution is -2.02. The third kappa shape index (κ3) is 3.66. The van der Waals surface area contributed by atoms with Crippen molar-refractivity contribution in [2.45, 2.75) is 19.8 Å². The molecule has 1 aromatic heterocycles. The highest BCUT2D eigenvalue weighted by molar-refractivity contribution is 7.18. The molecular weight excluding hydrogens is 269 g/mol. The normalized spacial score (nSPS) is 9.85. The summed E-state index contributed by atoms with van der Waals surface area (Å²) in [4.78, 5) is 8.83. The van der Waals surface area contributed by atoms with E-state index in [0.29, 0.717) is 11.5 Å². The van der Waals surface area contributed by atoms with Gasteiger partial charge in [-0.1, -0.05) is 13.3 Å². The summed E-state index contributed by atoms with van der Waals surface area (Å²) in [6.45, 7) is 2.11. The molecule has 20 heavy (non-hydrogen) atoms. The van der Waals surface area contributed by atoms with Gasteiger partial charge in [0.1, 0.15) is 5.82 Å². The molecule has 1 aromatic carbocycles. The molecule has 5 nitrogen and oxygen atoms in total. The van der Waals surface area contributed by atoms with E-state index < -0.39 is 0 Å². The summed E-state index contributed by atoms with van der Waals surface area (Å²) < 4.78 is 0. The van der Waals surface area contributed by atoms with E-state index >= 15 is 0 Å². The molecule has 2 aromatic rings. The van der Waals surface area contributed by atoms with Crippen molar-refractivity contribution in [2.24, 2.45) is 0 Å². The minimum Gasteiger partial charge on any atom is -0.354 e. The van der Waals surface area contributed by atoms with Crippen LogP contribution in [-0.2, 0) is 6.42 Å². The molecule has 0 amide bonds. The third-order valence-corrected chi connectivity index (χ3v) is 3.00. The van der Waals surface area contributed by atoms with Gasteiger partial charge in [0, 0.05) is 17.4 Å². The van der Waals surface area contributed by atoms with Crippen LogP contribution in [0.4, 0.5) is 17.5 Å². The molecule has 0 saturated heterocycles. The maximum absolute atomic E-state index is 8.78. The van der Waals surface area contributed by atoms with Crippen molar-refractivity contribution in [1.82, 2.24) is 9.97 Å². The van der Waals surface area contributed by atoms with Crippen LogP contribution < -0.4 is 10.4 Å². The molecule has 0 aliphatic carbocycles. The van der Waals surface area contributed by atoms with Gasteiger partial charge in [-0.05, 0) is 40.1 Å². The zero-order valence-corrected chi connectivity index (χ0v) is 12.4. The van der Waals surface area contributed by atoms with E-state index in [4.69, 9.17) is 5.26 Å². The second-order valence-electron chi connectivity index (χ2n) is 4.28. The van der Waals surface area contributed by atoms with E-state index in [9.17, 15) is 0 Å². The van der Waals surface area contributed by atoms with Crippen LogP contribution in [0.2, 0.25) is 0 Å². The van der Waals surface area contributed by atoms with Crippen molar-refractivity contribution in [3.05, 3.63) is 41.6 Å². The largest absolute Gasteiger partial charge is 0.354 e. The highest BCUT2D eigenvalue weighted by Gasteiger charge is 2.04. The molecule has 0 aliphatic heterocycles. The fourth-order valence-electron chi connectivity index (χ4n) is 1.77. The third-order valence-electron chi connectivity index (χ3n) is 2.70. The van der Waals surface area contributed by atoms with Gasteiger partial charge in [0.25, 0.3) is 0 Å². The monoisotopic (exact) mass is 285 g/mol. The Morgan fingerprint density at radius 3 is 2.60 bits per heavy atom. The van der Waals surface area contributed by atoms with Gasteiger partial charge < -0.3 is 10.4 Å². The molecule has 102 valence electrons. The fourth-order valence-corrected chi connectivity index (χ4v) is 1.92. The lowest BCUT2D eigenvalue weighted by Gasteiger charge is -2.09. The van der Waals surface area contributed by atoms with Crippen molar-refractivity contribution >= 4 is 26.8 Å². The molecule has 0 radical (unpaired) electrons. The minimum absolute atomic E-state index is 0.547. The van der Waals surface area contributed by atoms with Crippen molar-refractivity contribution in [1.29, 1.82) is 5.26 Å². The van der Waals surface area contributed by atoms with E-state index in [1.165, 1.54) is 0 Å². The summed E-state index contributed by atoms with van der Waals surface area (Å²) in [6, 6.07) is 11.2. The molecule has 1 unspecified atom stereocenters. The zero-order valence-electron chi connectivity index (χ0n) is 11.2. The lowest BCUT2D eigenvalue weighted by molar-refractivity contribution is 0.877. The standard InChI is InChI=1S/C14H16N5P/c1-2-3-12-8-13(19-20)18-14(17-12)16-11-6-4-10(9-15)5-7-11/h4-8H,2-3,20H2,1H3,(H2,16,17,18,19). The fraction of sp³-hybridized carbons (Fsp3) is 0.214.